The number of carbonyl (C=O) groups is 2. The molecule has 0 N–H and O–H groups in total. The van der Waals surface area contributed by atoms with Crippen LogP contribution in [0.25, 0.3) is 0 Å². The largest absolute Gasteiger partial charge is 0.411 e. The van der Waals surface area contributed by atoms with E-state index in [2.05, 4.69) is 4.74 Å². The van der Waals surface area contributed by atoms with Crippen molar-refractivity contribution >= 4 is 11.8 Å². The van der Waals surface area contributed by atoms with Crippen LogP contribution in [0.5, 0.6) is 0 Å². The van der Waals surface area contributed by atoms with E-state index in [-0.39, 0.29) is 24.8 Å². The Morgan fingerprint density at radius 2 is 1.62 bits per heavy atom. The molecule has 0 saturated carbocycles. The first kappa shape index (κ1) is 20.2. The second-order valence-corrected chi connectivity index (χ2v) is 6.14. The Balaban J connectivity index is 1.75. The number of hydrogen-bond acceptors (Lipinski definition) is 3. The Kier molecular flexibility index (Phi) is 7.02. The van der Waals surface area contributed by atoms with Crippen LogP contribution >= 0.6 is 0 Å². The molecule has 144 valence electrons. The van der Waals surface area contributed by atoms with Crippen LogP contribution in [0.3, 0.4) is 0 Å². The number of aryl methyl sites for hydroxylation is 1. The molecule has 0 unspecified atom stereocenters. The Hall–Kier alpha value is -2.09. The lowest BCUT2D eigenvalue weighted by molar-refractivity contribution is -0.175. The fraction of sp³-hybridized carbons (Fsp3) is 0.556. The maximum absolute atomic E-state index is 12.5. The maximum Gasteiger partial charge on any atom is 0.411 e. The highest BCUT2D eigenvalue weighted by Crippen LogP contribution is 2.15. The van der Waals surface area contributed by atoms with Gasteiger partial charge in [0.05, 0.1) is 13.0 Å². The minimum absolute atomic E-state index is 0.0757. The number of piperazine rings is 1. The number of benzene rings is 1. The van der Waals surface area contributed by atoms with Crippen LogP contribution in [0.15, 0.2) is 24.3 Å². The third-order valence-electron chi connectivity index (χ3n) is 4.25. The van der Waals surface area contributed by atoms with Crippen molar-refractivity contribution < 1.29 is 27.5 Å². The van der Waals surface area contributed by atoms with Crippen LogP contribution in [0.2, 0.25) is 0 Å². The van der Waals surface area contributed by atoms with E-state index in [1.807, 2.05) is 19.1 Å². The third-order valence-corrected chi connectivity index (χ3v) is 4.25. The van der Waals surface area contributed by atoms with Crippen LogP contribution in [-0.4, -0.2) is 67.2 Å². The number of carbonyl (C=O) groups excluding carboxylic acids is 2. The molecule has 1 aliphatic heterocycles. The molecular formula is C18H23F3N2O3. The first-order chi connectivity index (χ1) is 12.3. The highest BCUT2D eigenvalue weighted by atomic mass is 19.4. The summed E-state index contributed by atoms with van der Waals surface area (Å²) in [6, 6.07) is 7.45. The number of halogens is 3. The van der Waals surface area contributed by atoms with E-state index < -0.39 is 12.8 Å². The topological polar surface area (TPSA) is 49.9 Å². The van der Waals surface area contributed by atoms with Gasteiger partial charge in [-0.25, -0.2) is 0 Å². The van der Waals surface area contributed by atoms with Crippen molar-refractivity contribution in [1.82, 2.24) is 9.80 Å². The van der Waals surface area contributed by atoms with Crippen LogP contribution in [0, 0.1) is 0 Å². The van der Waals surface area contributed by atoms with Gasteiger partial charge in [-0.15, -0.1) is 0 Å². The van der Waals surface area contributed by atoms with Gasteiger partial charge in [-0.1, -0.05) is 19.1 Å². The molecule has 0 spiro atoms. The number of ether oxygens (including phenoxy) is 1. The number of amides is 2. The van der Waals surface area contributed by atoms with Crippen molar-refractivity contribution in [2.45, 2.75) is 25.9 Å². The van der Waals surface area contributed by atoms with Gasteiger partial charge >= 0.3 is 6.18 Å². The number of alkyl halides is 3. The van der Waals surface area contributed by atoms with Gasteiger partial charge in [-0.2, -0.15) is 13.2 Å². The third kappa shape index (κ3) is 6.01. The minimum Gasteiger partial charge on any atom is -0.372 e. The van der Waals surface area contributed by atoms with E-state index >= 15 is 0 Å². The summed E-state index contributed by atoms with van der Waals surface area (Å²) in [7, 11) is 0. The van der Waals surface area contributed by atoms with Gasteiger partial charge in [-0.05, 0) is 24.1 Å². The standard InChI is InChI=1S/C18H23F3N2O3/c1-2-14-3-5-15(6-4-14)17(25)23-10-8-22(9-11-23)16(24)7-12-26-13-18(19,20)21/h3-6H,2,7-13H2,1H3. The van der Waals surface area contributed by atoms with Gasteiger partial charge in [0.2, 0.25) is 5.91 Å². The summed E-state index contributed by atoms with van der Waals surface area (Å²) in [4.78, 5) is 27.7. The van der Waals surface area contributed by atoms with E-state index in [4.69, 9.17) is 0 Å². The minimum atomic E-state index is -4.38. The second-order valence-electron chi connectivity index (χ2n) is 6.14. The molecule has 1 aliphatic rings. The lowest BCUT2D eigenvalue weighted by Crippen LogP contribution is -2.50. The van der Waals surface area contributed by atoms with Crippen LogP contribution in [-0.2, 0) is 16.0 Å². The quantitative estimate of drug-likeness (QED) is 0.721. The first-order valence-electron chi connectivity index (χ1n) is 8.60. The Labute approximate surface area is 150 Å². The number of hydrogen-bond donors (Lipinski definition) is 0. The van der Waals surface area contributed by atoms with E-state index in [1.165, 1.54) is 0 Å². The molecule has 0 aromatic heterocycles. The van der Waals surface area contributed by atoms with Crippen molar-refractivity contribution in [3.8, 4) is 0 Å². The van der Waals surface area contributed by atoms with Crippen molar-refractivity contribution in [2.24, 2.45) is 0 Å². The van der Waals surface area contributed by atoms with Gasteiger partial charge in [-0.3, -0.25) is 9.59 Å². The molecule has 5 nitrogen and oxygen atoms in total. The molecule has 1 aromatic rings. The molecule has 2 rings (SSSR count). The zero-order valence-electron chi connectivity index (χ0n) is 14.7. The second kappa shape index (κ2) is 9.02. The van der Waals surface area contributed by atoms with Crippen molar-refractivity contribution in [3.63, 3.8) is 0 Å². The van der Waals surface area contributed by atoms with Crippen LogP contribution < -0.4 is 0 Å². The molecule has 0 radical (unpaired) electrons. The van der Waals surface area contributed by atoms with E-state index in [9.17, 15) is 22.8 Å². The molecule has 8 heteroatoms. The molecule has 1 saturated heterocycles. The lowest BCUT2D eigenvalue weighted by Gasteiger charge is -2.35. The molecule has 2 amide bonds. The predicted octanol–water partition coefficient (Wildman–Crippen LogP) is 2.50. The van der Waals surface area contributed by atoms with Crippen LogP contribution in [0.4, 0.5) is 13.2 Å². The van der Waals surface area contributed by atoms with Crippen molar-refractivity contribution in [3.05, 3.63) is 35.4 Å². The predicted molar refractivity (Wildman–Crippen MR) is 89.8 cm³/mol. The van der Waals surface area contributed by atoms with Crippen LogP contribution in [0.1, 0.15) is 29.3 Å². The van der Waals surface area contributed by atoms with E-state index in [0.29, 0.717) is 31.7 Å². The zero-order chi connectivity index (χ0) is 19.2. The highest BCUT2D eigenvalue weighted by molar-refractivity contribution is 5.94. The van der Waals surface area contributed by atoms with E-state index in [0.717, 1.165) is 12.0 Å². The van der Waals surface area contributed by atoms with Crippen molar-refractivity contribution in [2.75, 3.05) is 39.4 Å². The lowest BCUT2D eigenvalue weighted by atomic mass is 10.1. The summed E-state index contributed by atoms with van der Waals surface area (Å²) < 4.78 is 40.4. The Bertz CT molecular complexity index is 609. The molecule has 0 bridgehead atoms. The summed E-state index contributed by atoms with van der Waals surface area (Å²) in [5.41, 5.74) is 1.77. The summed E-state index contributed by atoms with van der Waals surface area (Å²) in [5.74, 6) is -0.333. The van der Waals surface area contributed by atoms with Gasteiger partial charge < -0.3 is 14.5 Å². The van der Waals surface area contributed by atoms with Gasteiger partial charge in [0, 0.05) is 31.7 Å². The molecule has 1 heterocycles. The fourth-order valence-electron chi connectivity index (χ4n) is 2.73. The summed E-state index contributed by atoms with van der Waals surface area (Å²) in [5, 5.41) is 0. The van der Waals surface area contributed by atoms with Gasteiger partial charge in [0.15, 0.2) is 0 Å². The van der Waals surface area contributed by atoms with Gasteiger partial charge in [0.1, 0.15) is 6.61 Å². The number of nitrogens with zero attached hydrogens (tertiary/aromatic N) is 2. The highest BCUT2D eigenvalue weighted by Gasteiger charge is 2.28. The zero-order valence-corrected chi connectivity index (χ0v) is 14.7. The SMILES string of the molecule is CCc1ccc(C(=O)N2CCN(C(=O)CCOCC(F)(F)F)CC2)cc1. The Morgan fingerprint density at radius 3 is 2.15 bits per heavy atom. The first-order valence-corrected chi connectivity index (χ1v) is 8.60. The molecule has 0 atom stereocenters. The normalized spacial score (nSPS) is 15.2. The number of rotatable bonds is 6. The maximum atomic E-state index is 12.5. The fourth-order valence-corrected chi connectivity index (χ4v) is 2.73. The average Bonchev–Trinajstić information content (AvgIpc) is 2.64. The molecule has 26 heavy (non-hydrogen) atoms. The molecule has 1 aromatic carbocycles. The van der Waals surface area contributed by atoms with E-state index in [1.54, 1.807) is 21.9 Å². The summed E-state index contributed by atoms with van der Waals surface area (Å²) in [6.07, 6.45) is -3.57. The molecule has 0 aliphatic carbocycles. The Morgan fingerprint density at radius 1 is 1.04 bits per heavy atom. The van der Waals surface area contributed by atoms with Gasteiger partial charge in [0.25, 0.3) is 5.91 Å². The molecular weight excluding hydrogens is 349 g/mol. The molecule has 1 fully saturated rings. The average molecular weight is 372 g/mol. The summed E-state index contributed by atoms with van der Waals surface area (Å²) >= 11 is 0. The summed E-state index contributed by atoms with van der Waals surface area (Å²) in [6.45, 7) is 1.99. The monoisotopic (exact) mass is 372 g/mol. The smallest absolute Gasteiger partial charge is 0.372 e. The van der Waals surface area contributed by atoms with Crippen molar-refractivity contribution in [1.29, 1.82) is 0 Å².